The van der Waals surface area contributed by atoms with E-state index in [1.54, 1.807) is 60.4 Å². The normalized spacial score (nSPS) is 14.8. The van der Waals surface area contributed by atoms with Gasteiger partial charge >= 0.3 is 0 Å². The molecule has 36 heavy (non-hydrogen) atoms. The first kappa shape index (κ1) is 23.9. The van der Waals surface area contributed by atoms with Gasteiger partial charge in [0.25, 0.3) is 11.5 Å². The molecule has 1 aliphatic rings. The molecular weight excluding hydrogens is 476 g/mol. The van der Waals surface area contributed by atoms with E-state index in [4.69, 9.17) is 0 Å². The van der Waals surface area contributed by atoms with Crippen LogP contribution in [0.4, 0.5) is 0 Å². The quantitative estimate of drug-likeness (QED) is 0.428. The summed E-state index contributed by atoms with van der Waals surface area (Å²) in [6, 6.07) is 19.3. The molecule has 5 rings (SSSR count). The largest absolute Gasteiger partial charge is 0.336 e. The number of aromatic nitrogens is 2. The number of para-hydroxylation sites is 1. The maximum atomic E-state index is 13.2. The highest BCUT2D eigenvalue weighted by molar-refractivity contribution is 7.89. The number of rotatable bonds is 4. The van der Waals surface area contributed by atoms with Gasteiger partial charge in [-0.2, -0.15) is 4.31 Å². The minimum atomic E-state index is -3.63. The monoisotopic (exact) mass is 502 g/mol. The van der Waals surface area contributed by atoms with Gasteiger partial charge < -0.3 is 4.90 Å². The second-order valence-corrected chi connectivity index (χ2v) is 10.9. The minimum absolute atomic E-state index is 0.172. The van der Waals surface area contributed by atoms with Gasteiger partial charge in [-0.3, -0.25) is 14.2 Å². The van der Waals surface area contributed by atoms with Crippen LogP contribution < -0.4 is 5.56 Å². The molecule has 0 radical (unpaired) electrons. The van der Waals surface area contributed by atoms with E-state index in [9.17, 15) is 18.0 Å². The van der Waals surface area contributed by atoms with Gasteiger partial charge in [-0.25, -0.2) is 13.4 Å². The Kier molecular flexibility index (Phi) is 6.19. The zero-order valence-electron chi connectivity index (χ0n) is 20.1. The Hall–Kier alpha value is -3.82. The number of benzene rings is 3. The number of aryl methyl sites for hydroxylation is 2. The van der Waals surface area contributed by atoms with Gasteiger partial charge in [0.15, 0.2) is 0 Å². The van der Waals surface area contributed by atoms with Crippen LogP contribution in [0, 0.1) is 13.8 Å². The van der Waals surface area contributed by atoms with Crippen molar-refractivity contribution in [2.75, 3.05) is 26.2 Å². The summed E-state index contributed by atoms with van der Waals surface area (Å²) in [6.07, 6.45) is 1.48. The summed E-state index contributed by atoms with van der Waals surface area (Å²) in [5.41, 5.74) is 3.13. The van der Waals surface area contributed by atoms with E-state index in [0.717, 1.165) is 5.56 Å². The van der Waals surface area contributed by atoms with Gasteiger partial charge in [0.05, 0.1) is 21.5 Å². The molecule has 1 fully saturated rings. The second-order valence-electron chi connectivity index (χ2n) is 8.95. The highest BCUT2D eigenvalue weighted by Gasteiger charge is 2.31. The van der Waals surface area contributed by atoms with Gasteiger partial charge in [0.2, 0.25) is 10.0 Å². The predicted molar refractivity (Wildman–Crippen MR) is 138 cm³/mol. The van der Waals surface area contributed by atoms with Crippen molar-refractivity contribution in [1.29, 1.82) is 0 Å². The van der Waals surface area contributed by atoms with Crippen molar-refractivity contribution in [2.24, 2.45) is 0 Å². The summed E-state index contributed by atoms with van der Waals surface area (Å²) in [5.74, 6) is -0.172. The Morgan fingerprint density at radius 3 is 2.31 bits per heavy atom. The highest BCUT2D eigenvalue weighted by Crippen LogP contribution is 2.23. The number of hydrogen-bond acceptors (Lipinski definition) is 5. The Bertz CT molecular complexity index is 1620. The smallest absolute Gasteiger partial charge is 0.265 e. The van der Waals surface area contributed by atoms with E-state index >= 15 is 0 Å². The van der Waals surface area contributed by atoms with Crippen LogP contribution >= 0.6 is 0 Å². The number of nitrogens with zero attached hydrogens (tertiary/aromatic N) is 4. The third-order valence-electron chi connectivity index (χ3n) is 6.55. The van der Waals surface area contributed by atoms with E-state index in [0.29, 0.717) is 45.7 Å². The van der Waals surface area contributed by atoms with Crippen molar-refractivity contribution >= 4 is 26.8 Å². The summed E-state index contributed by atoms with van der Waals surface area (Å²) < 4.78 is 29.3. The van der Waals surface area contributed by atoms with E-state index in [1.807, 2.05) is 25.1 Å². The molecule has 1 amide bonds. The number of sulfonamides is 1. The molecule has 0 atom stereocenters. The second kappa shape index (κ2) is 9.33. The molecule has 1 aliphatic heterocycles. The van der Waals surface area contributed by atoms with Crippen molar-refractivity contribution in [1.82, 2.24) is 18.8 Å². The van der Waals surface area contributed by atoms with Crippen LogP contribution in [0.25, 0.3) is 16.6 Å². The van der Waals surface area contributed by atoms with Gasteiger partial charge in [0, 0.05) is 31.7 Å². The van der Waals surface area contributed by atoms with Crippen molar-refractivity contribution < 1.29 is 13.2 Å². The summed E-state index contributed by atoms with van der Waals surface area (Å²) in [6.45, 7) is 4.73. The Morgan fingerprint density at radius 2 is 1.58 bits per heavy atom. The molecule has 0 saturated carbocycles. The van der Waals surface area contributed by atoms with Crippen molar-refractivity contribution in [3.63, 3.8) is 0 Å². The van der Waals surface area contributed by atoms with Crippen molar-refractivity contribution in [3.8, 4) is 5.69 Å². The summed E-state index contributed by atoms with van der Waals surface area (Å²) >= 11 is 0. The molecule has 0 spiro atoms. The van der Waals surface area contributed by atoms with Crippen molar-refractivity contribution in [3.05, 3.63) is 100 Å². The first-order valence-electron chi connectivity index (χ1n) is 11.7. The summed E-state index contributed by atoms with van der Waals surface area (Å²) in [4.78, 5) is 32.3. The predicted octanol–water partition coefficient (Wildman–Crippen LogP) is 3.15. The van der Waals surface area contributed by atoms with Crippen LogP contribution in [0.3, 0.4) is 0 Å². The lowest BCUT2D eigenvalue weighted by atomic mass is 10.1. The maximum absolute atomic E-state index is 13.2. The van der Waals surface area contributed by atoms with E-state index < -0.39 is 10.0 Å². The summed E-state index contributed by atoms with van der Waals surface area (Å²) in [5, 5.41) is 0.522. The zero-order valence-corrected chi connectivity index (χ0v) is 20.9. The minimum Gasteiger partial charge on any atom is -0.336 e. The average Bonchev–Trinajstić information content (AvgIpc) is 2.90. The molecule has 0 N–H and O–H groups in total. The number of piperazine rings is 1. The molecule has 2 heterocycles. The lowest BCUT2D eigenvalue weighted by molar-refractivity contribution is 0.0698. The molecule has 0 unspecified atom stereocenters. The topological polar surface area (TPSA) is 92.6 Å². The Labute approximate surface area is 209 Å². The van der Waals surface area contributed by atoms with Gasteiger partial charge in [-0.05, 0) is 67.4 Å². The lowest BCUT2D eigenvalue weighted by Gasteiger charge is -2.34. The Balaban J connectivity index is 1.30. The third kappa shape index (κ3) is 4.31. The molecule has 184 valence electrons. The fraction of sp³-hybridized carbons (Fsp3) is 0.222. The van der Waals surface area contributed by atoms with Gasteiger partial charge in [0.1, 0.15) is 6.33 Å². The van der Waals surface area contributed by atoms with Crippen LogP contribution in [0.1, 0.15) is 21.5 Å². The molecule has 8 nitrogen and oxygen atoms in total. The zero-order chi connectivity index (χ0) is 25.4. The highest BCUT2D eigenvalue weighted by atomic mass is 32.2. The molecule has 0 bridgehead atoms. The molecule has 9 heteroatoms. The van der Waals surface area contributed by atoms with Crippen LogP contribution in [-0.4, -0.2) is 59.3 Å². The number of carbonyl (C=O) groups excluding carboxylic acids is 1. The molecule has 1 saturated heterocycles. The first-order chi connectivity index (χ1) is 17.3. The fourth-order valence-corrected chi connectivity index (χ4v) is 6.19. The molecular formula is C27H26N4O4S. The lowest BCUT2D eigenvalue weighted by Crippen LogP contribution is -2.50. The molecule has 3 aromatic carbocycles. The standard InChI is InChI=1S/C27H26N4O4S/c1-19-7-8-20(2)25(17-19)36(34,35)30-15-13-29(14-16-30)26(32)21-9-11-22(12-10-21)31-18-28-24-6-4-3-5-23(24)27(31)33/h3-12,17-18H,13-16H2,1-2H3. The number of hydrogen-bond donors (Lipinski definition) is 0. The maximum Gasteiger partial charge on any atom is 0.265 e. The Morgan fingerprint density at radius 1 is 0.889 bits per heavy atom. The third-order valence-corrected chi connectivity index (χ3v) is 8.59. The van der Waals surface area contributed by atoms with Crippen molar-refractivity contribution in [2.45, 2.75) is 18.7 Å². The summed E-state index contributed by atoms with van der Waals surface area (Å²) in [7, 11) is -3.63. The fourth-order valence-electron chi connectivity index (χ4n) is 4.46. The number of fused-ring (bicyclic) bond motifs is 1. The first-order valence-corrected chi connectivity index (χ1v) is 13.1. The van der Waals surface area contributed by atoms with Gasteiger partial charge in [-0.1, -0.05) is 24.3 Å². The SMILES string of the molecule is Cc1ccc(C)c(S(=O)(=O)N2CCN(C(=O)c3ccc(-n4cnc5ccccc5c4=O)cc3)CC2)c1. The molecule has 4 aromatic rings. The van der Waals surface area contributed by atoms with Crippen LogP contribution in [0.5, 0.6) is 0 Å². The number of carbonyl (C=O) groups is 1. The molecule has 1 aromatic heterocycles. The van der Waals surface area contributed by atoms with Gasteiger partial charge in [-0.15, -0.1) is 0 Å². The van der Waals surface area contributed by atoms with E-state index in [1.165, 1.54) is 15.2 Å². The van der Waals surface area contributed by atoms with Crippen LogP contribution in [0.2, 0.25) is 0 Å². The van der Waals surface area contributed by atoms with E-state index in [-0.39, 0.29) is 24.6 Å². The average molecular weight is 503 g/mol. The van der Waals surface area contributed by atoms with Crippen LogP contribution in [-0.2, 0) is 10.0 Å². The number of amides is 1. The van der Waals surface area contributed by atoms with E-state index in [2.05, 4.69) is 4.98 Å². The van der Waals surface area contributed by atoms with Crippen LogP contribution in [0.15, 0.2) is 82.7 Å². The molecule has 0 aliphatic carbocycles.